The molecule has 1 aromatic carbocycles. The molecule has 0 aliphatic carbocycles. The molecule has 0 saturated heterocycles. The Morgan fingerprint density at radius 3 is 2.00 bits per heavy atom. The summed E-state index contributed by atoms with van der Waals surface area (Å²) in [7, 11) is 1.63. The predicted octanol–water partition coefficient (Wildman–Crippen LogP) is 0.818. The highest BCUT2D eigenvalue weighted by Crippen LogP contribution is 2.09. The molecule has 23 heavy (non-hydrogen) atoms. The van der Waals surface area contributed by atoms with Gasteiger partial charge in [0.15, 0.2) is 0 Å². The van der Waals surface area contributed by atoms with Gasteiger partial charge < -0.3 is 29.4 Å². The molecule has 0 bridgehead atoms. The first kappa shape index (κ1) is 19.4. The van der Waals surface area contributed by atoms with Crippen molar-refractivity contribution in [2.75, 3.05) is 59.9 Å². The van der Waals surface area contributed by atoms with Gasteiger partial charge in [-0.2, -0.15) is 0 Å². The van der Waals surface area contributed by atoms with Crippen LogP contribution >= 0.6 is 0 Å². The second-order valence-electron chi connectivity index (χ2n) is 4.63. The SMILES string of the molecule is COCCOCCOCCOCCNC(=O)c1ccc(O)cc1. The van der Waals surface area contributed by atoms with E-state index in [9.17, 15) is 4.79 Å². The summed E-state index contributed by atoms with van der Waals surface area (Å²) in [6.45, 7) is 3.98. The Kier molecular flexibility index (Phi) is 10.8. The minimum atomic E-state index is -0.196. The molecule has 7 heteroatoms. The number of rotatable bonds is 13. The number of aromatic hydroxyl groups is 1. The smallest absolute Gasteiger partial charge is 0.251 e. The topological polar surface area (TPSA) is 86.3 Å². The van der Waals surface area contributed by atoms with Crippen molar-refractivity contribution in [2.24, 2.45) is 0 Å². The van der Waals surface area contributed by atoms with Gasteiger partial charge in [-0.3, -0.25) is 4.79 Å². The molecule has 0 radical (unpaired) electrons. The van der Waals surface area contributed by atoms with E-state index >= 15 is 0 Å². The summed E-state index contributed by atoms with van der Waals surface area (Å²) in [5, 5.41) is 11.9. The molecule has 0 saturated carbocycles. The molecule has 0 aliphatic rings. The number of carbonyl (C=O) groups excluding carboxylic acids is 1. The maximum atomic E-state index is 11.7. The highest BCUT2D eigenvalue weighted by atomic mass is 16.6. The molecular formula is C16H25NO6. The number of phenols is 1. The van der Waals surface area contributed by atoms with E-state index in [-0.39, 0.29) is 11.7 Å². The van der Waals surface area contributed by atoms with Crippen LogP contribution in [0.15, 0.2) is 24.3 Å². The third kappa shape index (κ3) is 9.85. The Balaban J connectivity index is 1.89. The van der Waals surface area contributed by atoms with Crippen LogP contribution in [0.25, 0.3) is 0 Å². The normalized spacial score (nSPS) is 10.7. The van der Waals surface area contributed by atoms with Gasteiger partial charge in [-0.05, 0) is 24.3 Å². The molecule has 0 unspecified atom stereocenters. The Bertz CT molecular complexity index is 423. The minimum Gasteiger partial charge on any atom is -0.508 e. The molecule has 0 aliphatic heterocycles. The third-order valence-electron chi connectivity index (χ3n) is 2.84. The van der Waals surface area contributed by atoms with Crippen molar-refractivity contribution < 1.29 is 28.8 Å². The van der Waals surface area contributed by atoms with Gasteiger partial charge in [0.05, 0.1) is 46.2 Å². The Hall–Kier alpha value is -1.67. The Morgan fingerprint density at radius 1 is 0.913 bits per heavy atom. The lowest BCUT2D eigenvalue weighted by atomic mass is 10.2. The summed E-state index contributed by atoms with van der Waals surface area (Å²) in [4.78, 5) is 11.7. The van der Waals surface area contributed by atoms with Gasteiger partial charge in [0.1, 0.15) is 5.75 Å². The number of hydrogen-bond acceptors (Lipinski definition) is 6. The minimum absolute atomic E-state index is 0.133. The lowest BCUT2D eigenvalue weighted by Gasteiger charge is -2.08. The summed E-state index contributed by atoms with van der Waals surface area (Å²) in [5.41, 5.74) is 0.500. The van der Waals surface area contributed by atoms with E-state index in [1.807, 2.05) is 0 Å². The summed E-state index contributed by atoms with van der Waals surface area (Å²) in [5.74, 6) is -0.0629. The van der Waals surface area contributed by atoms with Crippen LogP contribution in [0.5, 0.6) is 5.75 Å². The van der Waals surface area contributed by atoms with E-state index in [0.29, 0.717) is 58.4 Å². The summed E-state index contributed by atoms with van der Waals surface area (Å²) in [6, 6.07) is 6.08. The van der Waals surface area contributed by atoms with Crippen LogP contribution < -0.4 is 5.32 Å². The van der Waals surface area contributed by atoms with Crippen molar-refractivity contribution in [3.05, 3.63) is 29.8 Å². The van der Waals surface area contributed by atoms with E-state index in [0.717, 1.165) is 0 Å². The second-order valence-corrected chi connectivity index (χ2v) is 4.63. The standard InChI is InChI=1S/C16H25NO6/c1-20-8-9-22-12-13-23-11-10-21-7-6-17-16(19)14-2-4-15(18)5-3-14/h2-5,18H,6-13H2,1H3,(H,17,19). The molecule has 7 nitrogen and oxygen atoms in total. The first-order valence-corrected chi connectivity index (χ1v) is 7.53. The molecule has 0 atom stereocenters. The van der Waals surface area contributed by atoms with E-state index < -0.39 is 0 Å². The zero-order valence-electron chi connectivity index (χ0n) is 13.5. The first-order valence-electron chi connectivity index (χ1n) is 7.53. The highest BCUT2D eigenvalue weighted by molar-refractivity contribution is 5.94. The monoisotopic (exact) mass is 327 g/mol. The Morgan fingerprint density at radius 2 is 1.43 bits per heavy atom. The number of nitrogens with one attached hydrogen (secondary N) is 1. The maximum absolute atomic E-state index is 11.7. The number of benzene rings is 1. The number of phenolic OH excluding ortho intramolecular Hbond substituents is 1. The van der Waals surface area contributed by atoms with Gasteiger partial charge in [-0.1, -0.05) is 0 Å². The molecule has 0 heterocycles. The average Bonchev–Trinajstić information content (AvgIpc) is 2.56. The zero-order chi connectivity index (χ0) is 16.8. The number of hydrogen-bond donors (Lipinski definition) is 2. The number of methoxy groups -OCH3 is 1. The molecule has 130 valence electrons. The molecule has 0 spiro atoms. The molecule has 1 rings (SSSR count). The number of ether oxygens (including phenoxy) is 4. The van der Waals surface area contributed by atoms with Crippen molar-refractivity contribution in [1.29, 1.82) is 0 Å². The molecule has 0 aromatic heterocycles. The fraction of sp³-hybridized carbons (Fsp3) is 0.562. The number of amides is 1. The highest BCUT2D eigenvalue weighted by Gasteiger charge is 2.03. The van der Waals surface area contributed by atoms with Gasteiger partial charge in [-0.15, -0.1) is 0 Å². The molecule has 1 aromatic rings. The third-order valence-corrected chi connectivity index (χ3v) is 2.84. The van der Waals surface area contributed by atoms with E-state index in [4.69, 9.17) is 24.1 Å². The summed E-state index contributed by atoms with van der Waals surface area (Å²) >= 11 is 0. The van der Waals surface area contributed by atoms with Crippen molar-refractivity contribution in [3.63, 3.8) is 0 Å². The van der Waals surface area contributed by atoms with Gasteiger partial charge in [0.25, 0.3) is 5.91 Å². The van der Waals surface area contributed by atoms with Gasteiger partial charge in [-0.25, -0.2) is 0 Å². The maximum Gasteiger partial charge on any atom is 0.251 e. The van der Waals surface area contributed by atoms with E-state index in [1.165, 1.54) is 12.1 Å². The lowest BCUT2D eigenvalue weighted by molar-refractivity contribution is 0.00415. The molecule has 1 amide bonds. The van der Waals surface area contributed by atoms with Gasteiger partial charge >= 0.3 is 0 Å². The fourth-order valence-electron chi connectivity index (χ4n) is 1.64. The van der Waals surface area contributed by atoms with Crippen molar-refractivity contribution in [2.45, 2.75) is 0 Å². The fourth-order valence-corrected chi connectivity index (χ4v) is 1.64. The van der Waals surface area contributed by atoms with Crippen molar-refractivity contribution in [3.8, 4) is 5.75 Å². The molecular weight excluding hydrogens is 302 g/mol. The van der Waals surface area contributed by atoms with Crippen molar-refractivity contribution >= 4 is 5.91 Å². The van der Waals surface area contributed by atoms with Crippen LogP contribution in [0.2, 0.25) is 0 Å². The molecule has 0 fully saturated rings. The average molecular weight is 327 g/mol. The largest absolute Gasteiger partial charge is 0.508 e. The van der Waals surface area contributed by atoms with Gasteiger partial charge in [0, 0.05) is 19.2 Å². The quantitative estimate of drug-likeness (QED) is 0.522. The Labute approximate surface area is 136 Å². The van der Waals surface area contributed by atoms with E-state index in [2.05, 4.69) is 5.32 Å². The van der Waals surface area contributed by atoms with Crippen LogP contribution in [0.3, 0.4) is 0 Å². The summed E-state index contributed by atoms with van der Waals surface area (Å²) in [6.07, 6.45) is 0. The van der Waals surface area contributed by atoms with Crippen LogP contribution in [0.1, 0.15) is 10.4 Å². The zero-order valence-corrected chi connectivity index (χ0v) is 13.5. The van der Waals surface area contributed by atoms with Crippen LogP contribution in [0, 0.1) is 0 Å². The van der Waals surface area contributed by atoms with Crippen molar-refractivity contribution in [1.82, 2.24) is 5.32 Å². The van der Waals surface area contributed by atoms with E-state index in [1.54, 1.807) is 19.2 Å². The molecule has 2 N–H and O–H groups in total. The summed E-state index contributed by atoms with van der Waals surface area (Å²) < 4.78 is 20.8. The predicted molar refractivity (Wildman–Crippen MR) is 84.8 cm³/mol. The lowest BCUT2D eigenvalue weighted by Crippen LogP contribution is -2.27. The number of carbonyl (C=O) groups is 1. The van der Waals surface area contributed by atoms with Gasteiger partial charge in [0.2, 0.25) is 0 Å². The van der Waals surface area contributed by atoms with Crippen LogP contribution in [0.4, 0.5) is 0 Å². The van der Waals surface area contributed by atoms with Crippen LogP contribution in [-0.4, -0.2) is 70.9 Å². The second kappa shape index (κ2) is 12.8. The van der Waals surface area contributed by atoms with Crippen LogP contribution in [-0.2, 0) is 18.9 Å². The first-order chi connectivity index (χ1) is 11.2.